The second kappa shape index (κ2) is 2.06. The molecule has 0 saturated heterocycles. The van der Waals surface area contributed by atoms with Gasteiger partial charge in [-0.3, -0.25) is 0 Å². The Bertz CT molecular complexity index is 362. The van der Waals surface area contributed by atoms with Crippen molar-refractivity contribution in [3.05, 3.63) is 35.3 Å². The molecule has 3 nitrogen and oxygen atoms in total. The summed E-state index contributed by atoms with van der Waals surface area (Å²) in [7, 11) is -3.14. The molecule has 0 saturated carbocycles. The van der Waals surface area contributed by atoms with Crippen molar-refractivity contribution in [2.75, 3.05) is 0 Å². The molecule has 1 N–H and O–H groups in total. The number of allylic oxidation sites excluding steroid dienone is 2. The van der Waals surface area contributed by atoms with Gasteiger partial charge in [-0.05, 0) is 5.57 Å². The molecule has 0 fully saturated rings. The van der Waals surface area contributed by atoms with Gasteiger partial charge in [-0.2, -0.15) is 0 Å². The summed E-state index contributed by atoms with van der Waals surface area (Å²) in [6, 6.07) is -0.134. The Kier molecular flexibility index (Phi) is 1.27. The molecule has 0 aromatic carbocycles. The van der Waals surface area contributed by atoms with E-state index in [1.165, 1.54) is 5.41 Å². The summed E-state index contributed by atoms with van der Waals surface area (Å²) in [5.41, 5.74) is 0.813. The molecule has 0 amide bonds. The number of fused-ring (bicyclic) bond motifs is 1. The lowest BCUT2D eigenvalue weighted by Gasteiger charge is -2.07. The van der Waals surface area contributed by atoms with E-state index < -0.39 is 10.0 Å². The summed E-state index contributed by atoms with van der Waals surface area (Å²) < 4.78 is 24.4. The fraction of sp³-hybridized carbons (Fsp3) is 0.143. The van der Waals surface area contributed by atoms with Gasteiger partial charge in [0, 0.05) is 0 Å². The van der Waals surface area contributed by atoms with Crippen LogP contribution in [0.3, 0.4) is 0 Å². The van der Waals surface area contributed by atoms with Gasteiger partial charge in [0.05, 0.1) is 11.4 Å². The normalized spacial score (nSPS) is 31.6. The molecular formula is C7H7NO2S. The first-order valence-electron chi connectivity index (χ1n) is 3.26. The van der Waals surface area contributed by atoms with Gasteiger partial charge in [-0.25, -0.2) is 13.1 Å². The molecule has 11 heavy (non-hydrogen) atoms. The zero-order valence-corrected chi connectivity index (χ0v) is 6.51. The topological polar surface area (TPSA) is 46.2 Å². The van der Waals surface area contributed by atoms with E-state index in [0.717, 1.165) is 5.57 Å². The Labute approximate surface area is 65.2 Å². The zero-order chi connectivity index (χ0) is 7.90. The van der Waals surface area contributed by atoms with Gasteiger partial charge in [0.1, 0.15) is 0 Å². The van der Waals surface area contributed by atoms with Crippen LogP contribution in [0.2, 0.25) is 0 Å². The minimum absolute atomic E-state index is 0.134. The van der Waals surface area contributed by atoms with Gasteiger partial charge in [-0.15, -0.1) is 0 Å². The standard InChI is InChI=1S/C7H7NO2S/c9-11(10)5-6-3-1-2-4-7(6)8-11/h1-5,7-8H. The van der Waals surface area contributed by atoms with Crippen LogP contribution in [0, 0.1) is 0 Å². The van der Waals surface area contributed by atoms with Crippen LogP contribution in [0.25, 0.3) is 0 Å². The van der Waals surface area contributed by atoms with Crippen molar-refractivity contribution < 1.29 is 8.42 Å². The summed E-state index contributed by atoms with van der Waals surface area (Å²) >= 11 is 0. The summed E-state index contributed by atoms with van der Waals surface area (Å²) in [5.74, 6) is 0. The van der Waals surface area contributed by atoms with Crippen LogP contribution in [-0.4, -0.2) is 14.5 Å². The van der Waals surface area contributed by atoms with Gasteiger partial charge in [0.15, 0.2) is 0 Å². The summed E-state index contributed by atoms with van der Waals surface area (Å²) in [5, 5.41) is 1.26. The summed E-state index contributed by atoms with van der Waals surface area (Å²) in [6.45, 7) is 0. The first-order chi connectivity index (χ1) is 5.17. The minimum atomic E-state index is -3.14. The third-order valence-corrected chi connectivity index (χ3v) is 2.81. The van der Waals surface area contributed by atoms with Crippen molar-refractivity contribution in [3.63, 3.8) is 0 Å². The molecule has 1 heterocycles. The Morgan fingerprint density at radius 1 is 1.36 bits per heavy atom. The second-order valence-corrected chi connectivity index (χ2v) is 4.06. The first kappa shape index (κ1) is 6.82. The molecule has 58 valence electrons. The Hall–Kier alpha value is -0.870. The smallest absolute Gasteiger partial charge is 0.208 e. The molecule has 0 aromatic rings. The highest BCUT2D eigenvalue weighted by Gasteiger charge is 2.25. The molecule has 0 radical (unpaired) electrons. The number of sulfonamides is 1. The summed E-state index contributed by atoms with van der Waals surface area (Å²) in [4.78, 5) is 0. The third kappa shape index (κ3) is 1.15. The third-order valence-electron chi connectivity index (χ3n) is 1.64. The highest BCUT2D eigenvalue weighted by atomic mass is 32.2. The monoisotopic (exact) mass is 169 g/mol. The molecule has 1 aliphatic carbocycles. The molecule has 0 aromatic heterocycles. The predicted octanol–water partition coefficient (Wildman–Crippen LogP) is 0.298. The van der Waals surface area contributed by atoms with Gasteiger partial charge >= 0.3 is 0 Å². The van der Waals surface area contributed by atoms with Crippen molar-refractivity contribution >= 4 is 10.0 Å². The first-order valence-corrected chi connectivity index (χ1v) is 4.81. The Balaban J connectivity index is 2.48. The maximum Gasteiger partial charge on any atom is 0.234 e. The van der Waals surface area contributed by atoms with E-state index in [0.29, 0.717) is 0 Å². The lowest BCUT2D eigenvalue weighted by Crippen LogP contribution is -2.26. The van der Waals surface area contributed by atoms with E-state index in [1.807, 2.05) is 18.2 Å². The number of hydrogen-bond donors (Lipinski definition) is 1. The van der Waals surface area contributed by atoms with E-state index in [9.17, 15) is 8.42 Å². The van der Waals surface area contributed by atoms with Gasteiger partial charge in [0.25, 0.3) is 0 Å². The second-order valence-electron chi connectivity index (χ2n) is 2.50. The lowest BCUT2D eigenvalue weighted by atomic mass is 10.1. The number of hydrogen-bond acceptors (Lipinski definition) is 2. The van der Waals surface area contributed by atoms with Crippen LogP contribution in [0.4, 0.5) is 0 Å². The molecule has 1 aliphatic heterocycles. The minimum Gasteiger partial charge on any atom is -0.208 e. The van der Waals surface area contributed by atoms with Crippen LogP contribution in [-0.2, 0) is 10.0 Å². The van der Waals surface area contributed by atoms with E-state index >= 15 is 0 Å². The lowest BCUT2D eigenvalue weighted by molar-refractivity contribution is 0.593. The fourth-order valence-corrected chi connectivity index (χ4v) is 2.39. The van der Waals surface area contributed by atoms with Crippen LogP contribution < -0.4 is 4.72 Å². The number of rotatable bonds is 0. The molecule has 0 spiro atoms. The van der Waals surface area contributed by atoms with E-state index in [1.54, 1.807) is 6.08 Å². The van der Waals surface area contributed by atoms with Gasteiger partial charge < -0.3 is 0 Å². The van der Waals surface area contributed by atoms with Gasteiger partial charge in [-0.1, -0.05) is 24.3 Å². The van der Waals surface area contributed by atoms with E-state index in [-0.39, 0.29) is 6.04 Å². The maximum atomic E-state index is 10.9. The summed E-state index contributed by atoms with van der Waals surface area (Å²) in [6.07, 6.45) is 7.26. The molecule has 2 aliphatic rings. The van der Waals surface area contributed by atoms with Crippen LogP contribution >= 0.6 is 0 Å². The quantitative estimate of drug-likeness (QED) is 0.567. The highest BCUT2D eigenvalue weighted by Crippen LogP contribution is 2.19. The van der Waals surface area contributed by atoms with Crippen LogP contribution in [0.5, 0.6) is 0 Å². The Morgan fingerprint density at radius 2 is 2.18 bits per heavy atom. The predicted molar refractivity (Wildman–Crippen MR) is 42.2 cm³/mol. The van der Waals surface area contributed by atoms with Crippen LogP contribution in [0.15, 0.2) is 35.3 Å². The van der Waals surface area contributed by atoms with Crippen molar-refractivity contribution in [2.45, 2.75) is 6.04 Å². The average Bonchev–Trinajstić information content (AvgIpc) is 2.21. The molecule has 0 bridgehead atoms. The van der Waals surface area contributed by atoms with Crippen LogP contribution in [0.1, 0.15) is 0 Å². The molecule has 1 atom stereocenters. The maximum absolute atomic E-state index is 10.9. The molecular weight excluding hydrogens is 162 g/mol. The van der Waals surface area contributed by atoms with Crippen molar-refractivity contribution in [1.82, 2.24) is 4.72 Å². The average molecular weight is 169 g/mol. The molecule has 1 unspecified atom stereocenters. The molecule has 4 heteroatoms. The van der Waals surface area contributed by atoms with E-state index in [4.69, 9.17) is 0 Å². The Morgan fingerprint density at radius 3 is 2.91 bits per heavy atom. The number of nitrogens with one attached hydrogen (secondary N) is 1. The van der Waals surface area contributed by atoms with Crippen molar-refractivity contribution in [1.29, 1.82) is 0 Å². The largest absolute Gasteiger partial charge is 0.234 e. The van der Waals surface area contributed by atoms with E-state index in [2.05, 4.69) is 4.72 Å². The van der Waals surface area contributed by atoms with Crippen molar-refractivity contribution in [3.8, 4) is 0 Å². The SMILES string of the molecule is O=S1(=O)C=C2C=CC=CC2N1. The fourth-order valence-electron chi connectivity index (χ4n) is 1.17. The zero-order valence-electron chi connectivity index (χ0n) is 5.69. The molecule has 2 rings (SSSR count). The van der Waals surface area contributed by atoms with Gasteiger partial charge in [0.2, 0.25) is 10.0 Å². The highest BCUT2D eigenvalue weighted by molar-refractivity contribution is 7.92. The van der Waals surface area contributed by atoms with Crippen molar-refractivity contribution in [2.24, 2.45) is 0 Å².